The van der Waals surface area contributed by atoms with Gasteiger partial charge in [0.15, 0.2) is 0 Å². The summed E-state index contributed by atoms with van der Waals surface area (Å²) in [4.78, 5) is 13.5. The summed E-state index contributed by atoms with van der Waals surface area (Å²) in [5, 5.41) is 10.4. The van der Waals surface area contributed by atoms with Gasteiger partial charge in [0.25, 0.3) is 5.91 Å². The molecular formula is C18H18Cl2F3NO2. The molecule has 142 valence electrons. The minimum Gasteiger partial charge on any atom is -0.391 e. The Morgan fingerprint density at radius 1 is 1.38 bits per heavy atom. The van der Waals surface area contributed by atoms with Crippen LogP contribution in [0.1, 0.15) is 28.8 Å². The first-order valence-corrected chi connectivity index (χ1v) is 8.69. The Bertz CT molecular complexity index is 731. The van der Waals surface area contributed by atoms with Gasteiger partial charge in [-0.2, -0.15) is 13.2 Å². The number of alkyl halides is 4. The van der Waals surface area contributed by atoms with Crippen molar-refractivity contribution in [3.8, 4) is 0 Å². The molecule has 0 fully saturated rings. The van der Waals surface area contributed by atoms with E-state index in [4.69, 9.17) is 23.2 Å². The van der Waals surface area contributed by atoms with Crippen LogP contribution in [0.5, 0.6) is 0 Å². The molecule has 8 heteroatoms. The van der Waals surface area contributed by atoms with Gasteiger partial charge in [0.1, 0.15) is 0 Å². The Hall–Kier alpha value is -1.50. The minimum atomic E-state index is -4.52. The Balaban J connectivity index is 1.99. The van der Waals surface area contributed by atoms with E-state index < -0.39 is 23.8 Å². The summed E-state index contributed by atoms with van der Waals surface area (Å²) >= 11 is 12.0. The second kappa shape index (κ2) is 8.46. The molecule has 0 saturated heterocycles. The lowest BCUT2D eigenvalue weighted by molar-refractivity contribution is -0.137. The molecule has 2 rings (SSSR count). The third-order valence-corrected chi connectivity index (χ3v) is 4.88. The number of halogens is 5. The predicted molar refractivity (Wildman–Crippen MR) is 95.3 cm³/mol. The molecule has 3 nitrogen and oxygen atoms in total. The van der Waals surface area contributed by atoms with Gasteiger partial charge >= 0.3 is 6.18 Å². The van der Waals surface area contributed by atoms with E-state index in [9.17, 15) is 23.1 Å². The summed E-state index contributed by atoms with van der Waals surface area (Å²) in [7, 11) is 1.43. The Labute approximate surface area is 159 Å². The fourth-order valence-electron chi connectivity index (χ4n) is 2.66. The minimum absolute atomic E-state index is 0.0170. The monoisotopic (exact) mass is 407 g/mol. The highest BCUT2D eigenvalue weighted by Gasteiger charge is 2.31. The topological polar surface area (TPSA) is 40.5 Å². The van der Waals surface area contributed by atoms with Gasteiger partial charge < -0.3 is 10.0 Å². The van der Waals surface area contributed by atoms with Crippen LogP contribution in [-0.4, -0.2) is 41.0 Å². The summed E-state index contributed by atoms with van der Waals surface area (Å²) in [6, 6.07) is 4.21. The van der Waals surface area contributed by atoms with Crippen molar-refractivity contribution < 1.29 is 23.1 Å². The first-order valence-electron chi connectivity index (χ1n) is 7.88. The second-order valence-electron chi connectivity index (χ2n) is 6.17. The number of nitrogens with zero attached hydrogens (tertiary/aromatic N) is 1. The predicted octanol–water partition coefficient (Wildman–Crippen LogP) is 4.59. The number of hydrogen-bond acceptors (Lipinski definition) is 2. The Kier molecular flexibility index (Phi) is 6.77. The number of hydrogen-bond donors (Lipinski definition) is 1. The molecule has 1 amide bonds. The third kappa shape index (κ3) is 5.50. The van der Waals surface area contributed by atoms with Crippen molar-refractivity contribution in [2.45, 2.75) is 30.5 Å². The van der Waals surface area contributed by atoms with Crippen molar-refractivity contribution in [3.63, 3.8) is 0 Å². The molecule has 26 heavy (non-hydrogen) atoms. The van der Waals surface area contributed by atoms with Crippen molar-refractivity contribution in [2.75, 3.05) is 13.6 Å². The van der Waals surface area contributed by atoms with Gasteiger partial charge in [0, 0.05) is 24.2 Å². The number of carbonyl (C=O) groups is 1. The van der Waals surface area contributed by atoms with Crippen LogP contribution in [0.4, 0.5) is 13.2 Å². The summed E-state index contributed by atoms with van der Waals surface area (Å²) in [5.74, 6) is -0.592. The maximum atomic E-state index is 12.8. The number of aliphatic hydroxyl groups is 1. The van der Waals surface area contributed by atoms with Gasteiger partial charge in [-0.3, -0.25) is 4.79 Å². The first-order chi connectivity index (χ1) is 12.1. The SMILES string of the molecule is CN(CC(O)CC1=CC=C(Cl)C(Cl)C1)C(=O)c1cccc(C(F)(F)F)c1. The fraction of sp³-hybridized carbons (Fsp3) is 0.389. The van der Waals surface area contributed by atoms with Crippen LogP contribution < -0.4 is 0 Å². The van der Waals surface area contributed by atoms with E-state index in [2.05, 4.69) is 0 Å². The molecular weight excluding hydrogens is 390 g/mol. The van der Waals surface area contributed by atoms with Gasteiger partial charge in [0.05, 0.1) is 17.0 Å². The molecule has 0 saturated carbocycles. The summed E-state index contributed by atoms with van der Waals surface area (Å²) < 4.78 is 38.3. The zero-order valence-electron chi connectivity index (χ0n) is 13.9. The Morgan fingerprint density at radius 2 is 2.08 bits per heavy atom. The van der Waals surface area contributed by atoms with E-state index >= 15 is 0 Å². The maximum absolute atomic E-state index is 12.8. The van der Waals surface area contributed by atoms with Crippen molar-refractivity contribution >= 4 is 29.1 Å². The average Bonchev–Trinajstić information content (AvgIpc) is 2.56. The summed E-state index contributed by atoms with van der Waals surface area (Å²) in [6.07, 6.45) is -1.14. The third-order valence-electron chi connectivity index (χ3n) is 3.98. The van der Waals surface area contributed by atoms with E-state index in [0.717, 1.165) is 17.7 Å². The number of carbonyl (C=O) groups excluding carboxylic acids is 1. The average molecular weight is 408 g/mol. The van der Waals surface area contributed by atoms with Crippen LogP contribution in [0, 0.1) is 0 Å². The second-order valence-corrected chi connectivity index (χ2v) is 7.13. The van der Waals surface area contributed by atoms with Crippen LogP contribution in [0.3, 0.4) is 0 Å². The highest BCUT2D eigenvalue weighted by Crippen LogP contribution is 2.30. The van der Waals surface area contributed by atoms with Crippen molar-refractivity contribution in [1.82, 2.24) is 4.90 Å². The molecule has 1 N–H and O–H groups in total. The number of aliphatic hydroxyl groups excluding tert-OH is 1. The molecule has 1 aromatic rings. The molecule has 0 radical (unpaired) electrons. The van der Waals surface area contributed by atoms with Crippen LogP contribution >= 0.6 is 23.2 Å². The van der Waals surface area contributed by atoms with E-state index in [1.54, 1.807) is 12.2 Å². The van der Waals surface area contributed by atoms with Crippen LogP contribution in [-0.2, 0) is 6.18 Å². The number of amides is 1. The molecule has 2 atom stereocenters. The molecule has 0 bridgehead atoms. The molecule has 2 unspecified atom stereocenters. The smallest absolute Gasteiger partial charge is 0.391 e. The van der Waals surface area contributed by atoms with Gasteiger partial charge in [-0.1, -0.05) is 29.3 Å². The van der Waals surface area contributed by atoms with E-state index in [1.807, 2.05) is 0 Å². The molecule has 0 heterocycles. The van der Waals surface area contributed by atoms with Crippen molar-refractivity contribution in [2.24, 2.45) is 0 Å². The lowest BCUT2D eigenvalue weighted by Gasteiger charge is -2.23. The van der Waals surface area contributed by atoms with Crippen molar-refractivity contribution in [3.05, 3.63) is 58.1 Å². The molecule has 0 aliphatic heterocycles. The zero-order valence-corrected chi connectivity index (χ0v) is 15.4. The van der Waals surface area contributed by atoms with Gasteiger partial charge in [0.2, 0.25) is 0 Å². The Morgan fingerprint density at radius 3 is 2.69 bits per heavy atom. The normalized spacial score (nSPS) is 18.8. The summed E-state index contributed by atoms with van der Waals surface area (Å²) in [6.45, 7) is -0.0170. The quantitative estimate of drug-likeness (QED) is 0.725. The van der Waals surface area contributed by atoms with Crippen LogP contribution in [0.15, 0.2) is 47.0 Å². The van der Waals surface area contributed by atoms with Gasteiger partial charge in [-0.15, -0.1) is 11.6 Å². The highest BCUT2D eigenvalue weighted by molar-refractivity contribution is 6.37. The van der Waals surface area contributed by atoms with Crippen LogP contribution in [0.25, 0.3) is 0 Å². The van der Waals surface area contributed by atoms with E-state index in [0.29, 0.717) is 17.9 Å². The van der Waals surface area contributed by atoms with E-state index in [-0.39, 0.29) is 17.5 Å². The van der Waals surface area contributed by atoms with Crippen LogP contribution in [0.2, 0.25) is 0 Å². The van der Waals surface area contributed by atoms with E-state index in [1.165, 1.54) is 24.1 Å². The number of benzene rings is 1. The highest BCUT2D eigenvalue weighted by atomic mass is 35.5. The molecule has 1 aromatic carbocycles. The molecule has 1 aliphatic carbocycles. The number of rotatable bonds is 5. The molecule has 0 aromatic heterocycles. The number of allylic oxidation sites excluding steroid dienone is 3. The molecule has 0 spiro atoms. The zero-order chi connectivity index (χ0) is 19.5. The van der Waals surface area contributed by atoms with Gasteiger partial charge in [-0.05, 0) is 37.1 Å². The lowest BCUT2D eigenvalue weighted by atomic mass is 9.98. The maximum Gasteiger partial charge on any atom is 0.416 e. The summed E-state index contributed by atoms with van der Waals surface area (Å²) in [5.41, 5.74) is -0.0785. The molecule has 1 aliphatic rings. The standard InChI is InChI=1S/C18H18Cl2F3NO2/c1-24(10-14(25)7-11-5-6-15(19)16(20)8-11)17(26)12-3-2-4-13(9-12)18(21,22)23/h2-6,9,14,16,25H,7-8,10H2,1H3. The largest absolute Gasteiger partial charge is 0.416 e. The van der Waals surface area contributed by atoms with Gasteiger partial charge in [-0.25, -0.2) is 0 Å². The van der Waals surface area contributed by atoms with Crippen molar-refractivity contribution in [1.29, 1.82) is 0 Å². The number of likely N-dealkylation sites (N-methyl/N-ethyl adjacent to an activating group) is 1. The lowest BCUT2D eigenvalue weighted by Crippen LogP contribution is -2.34. The fourth-order valence-corrected chi connectivity index (χ4v) is 3.08. The first kappa shape index (κ1) is 20.8.